The fourth-order valence-corrected chi connectivity index (χ4v) is 1.49. The highest BCUT2D eigenvalue weighted by molar-refractivity contribution is 14.1. The van der Waals surface area contributed by atoms with Crippen molar-refractivity contribution >= 4 is 34.2 Å². The van der Waals surface area contributed by atoms with E-state index in [2.05, 4.69) is 32.6 Å². The van der Waals surface area contributed by atoms with Gasteiger partial charge in [0.05, 0.1) is 0 Å². The molecule has 0 aliphatic carbocycles. The van der Waals surface area contributed by atoms with Gasteiger partial charge in [-0.25, -0.2) is 9.97 Å². The zero-order chi connectivity index (χ0) is 10.7. The average molecular weight is 333 g/mol. The van der Waals surface area contributed by atoms with Crippen LogP contribution in [0.1, 0.15) is 0 Å². The van der Waals surface area contributed by atoms with E-state index in [1.165, 1.54) is 6.33 Å². The van der Waals surface area contributed by atoms with E-state index in [1.807, 2.05) is 24.3 Å². The summed E-state index contributed by atoms with van der Waals surface area (Å²) >= 11 is 7.93. The van der Waals surface area contributed by atoms with Gasteiger partial charge in [0.25, 0.3) is 0 Å². The molecule has 0 N–H and O–H groups in total. The fourth-order valence-electron chi connectivity index (χ4n) is 0.997. The third-order valence-corrected chi connectivity index (χ3v) is 2.57. The van der Waals surface area contributed by atoms with Crippen LogP contribution in [-0.2, 0) is 0 Å². The van der Waals surface area contributed by atoms with Crippen molar-refractivity contribution in [2.75, 3.05) is 0 Å². The van der Waals surface area contributed by atoms with Crippen LogP contribution in [0.25, 0.3) is 0 Å². The summed E-state index contributed by atoms with van der Waals surface area (Å²) in [5.74, 6) is 1.17. The van der Waals surface area contributed by atoms with Gasteiger partial charge in [0.15, 0.2) is 0 Å². The lowest BCUT2D eigenvalue weighted by molar-refractivity contribution is 0.461. The minimum absolute atomic E-state index is 0.366. The second-order valence-corrected chi connectivity index (χ2v) is 4.37. The van der Waals surface area contributed by atoms with Crippen LogP contribution in [0.3, 0.4) is 0 Å². The van der Waals surface area contributed by atoms with Crippen molar-refractivity contribution in [1.82, 2.24) is 9.97 Å². The highest BCUT2D eigenvalue weighted by atomic mass is 127. The first kappa shape index (κ1) is 10.6. The number of nitrogens with zero attached hydrogens (tertiary/aromatic N) is 2. The maximum atomic E-state index is 5.70. The molecule has 76 valence electrons. The molecule has 5 heteroatoms. The fraction of sp³-hybridized carbons (Fsp3) is 0. The van der Waals surface area contributed by atoms with Gasteiger partial charge in [0.1, 0.15) is 17.2 Å². The van der Waals surface area contributed by atoms with Crippen LogP contribution in [0.5, 0.6) is 11.6 Å². The molecular formula is C10H6ClIN2O. The Balaban J connectivity index is 2.18. The lowest BCUT2D eigenvalue weighted by Gasteiger charge is -2.03. The lowest BCUT2D eigenvalue weighted by Crippen LogP contribution is -1.88. The summed E-state index contributed by atoms with van der Waals surface area (Å²) in [6.07, 6.45) is 1.37. The number of rotatable bonds is 2. The summed E-state index contributed by atoms with van der Waals surface area (Å²) in [5, 5.41) is 0.366. The molecule has 0 bridgehead atoms. The van der Waals surface area contributed by atoms with Crippen molar-refractivity contribution in [2.45, 2.75) is 0 Å². The second kappa shape index (κ2) is 4.76. The van der Waals surface area contributed by atoms with Gasteiger partial charge in [0.2, 0.25) is 5.88 Å². The Labute approximate surface area is 106 Å². The molecule has 0 aliphatic heterocycles. The first-order valence-electron chi connectivity index (χ1n) is 4.15. The summed E-state index contributed by atoms with van der Waals surface area (Å²) in [6.45, 7) is 0. The number of hydrogen-bond donors (Lipinski definition) is 0. The molecule has 0 saturated carbocycles. The average Bonchev–Trinajstić information content (AvgIpc) is 2.22. The third kappa shape index (κ3) is 3.04. The largest absolute Gasteiger partial charge is 0.439 e. The summed E-state index contributed by atoms with van der Waals surface area (Å²) in [5.41, 5.74) is 0. The van der Waals surface area contributed by atoms with Crippen LogP contribution in [-0.4, -0.2) is 9.97 Å². The van der Waals surface area contributed by atoms with Crippen LogP contribution in [0.15, 0.2) is 36.7 Å². The van der Waals surface area contributed by atoms with Crippen molar-refractivity contribution < 1.29 is 4.74 Å². The Morgan fingerprint density at radius 3 is 2.53 bits per heavy atom. The van der Waals surface area contributed by atoms with Crippen LogP contribution < -0.4 is 4.74 Å². The van der Waals surface area contributed by atoms with E-state index in [0.717, 1.165) is 9.32 Å². The summed E-state index contributed by atoms with van der Waals surface area (Å²) < 4.78 is 6.63. The minimum atomic E-state index is 0.366. The monoisotopic (exact) mass is 332 g/mol. The third-order valence-electron chi connectivity index (χ3n) is 1.64. The Kier molecular flexibility index (Phi) is 3.37. The van der Waals surface area contributed by atoms with Crippen LogP contribution >= 0.6 is 34.2 Å². The van der Waals surface area contributed by atoms with Crippen molar-refractivity contribution in [3.05, 3.63) is 45.4 Å². The molecule has 0 amide bonds. The highest BCUT2D eigenvalue weighted by Gasteiger charge is 1.99. The number of ether oxygens (including phenoxy) is 1. The van der Waals surface area contributed by atoms with Gasteiger partial charge in [-0.05, 0) is 46.9 Å². The molecule has 15 heavy (non-hydrogen) atoms. The van der Waals surface area contributed by atoms with Crippen molar-refractivity contribution in [3.8, 4) is 11.6 Å². The molecular weight excluding hydrogens is 326 g/mol. The molecule has 0 fully saturated rings. The quantitative estimate of drug-likeness (QED) is 0.623. The SMILES string of the molecule is Clc1cc(Oc2ccc(I)cc2)ncn1. The maximum absolute atomic E-state index is 5.70. The van der Waals surface area contributed by atoms with E-state index in [0.29, 0.717) is 11.0 Å². The zero-order valence-corrected chi connectivity index (χ0v) is 10.4. The molecule has 0 saturated heterocycles. The zero-order valence-electron chi connectivity index (χ0n) is 7.52. The Morgan fingerprint density at radius 2 is 1.87 bits per heavy atom. The van der Waals surface area contributed by atoms with Crippen molar-refractivity contribution in [3.63, 3.8) is 0 Å². The van der Waals surface area contributed by atoms with Gasteiger partial charge in [-0.3, -0.25) is 0 Å². The molecule has 0 unspecified atom stereocenters. The first-order valence-corrected chi connectivity index (χ1v) is 5.61. The van der Waals surface area contributed by atoms with Gasteiger partial charge in [-0.1, -0.05) is 11.6 Å². The molecule has 2 rings (SSSR count). The van der Waals surface area contributed by atoms with Crippen LogP contribution in [0.2, 0.25) is 5.15 Å². The molecule has 0 spiro atoms. The number of hydrogen-bond acceptors (Lipinski definition) is 3. The predicted molar refractivity (Wildman–Crippen MR) is 66.3 cm³/mol. The molecule has 0 radical (unpaired) electrons. The van der Waals surface area contributed by atoms with Crippen LogP contribution in [0.4, 0.5) is 0 Å². The number of halogens is 2. The van der Waals surface area contributed by atoms with Crippen molar-refractivity contribution in [1.29, 1.82) is 0 Å². The molecule has 0 atom stereocenters. The normalized spacial score (nSPS) is 10.0. The van der Waals surface area contributed by atoms with E-state index in [4.69, 9.17) is 16.3 Å². The summed E-state index contributed by atoms with van der Waals surface area (Å²) in [7, 11) is 0. The number of aromatic nitrogens is 2. The van der Waals surface area contributed by atoms with E-state index in [1.54, 1.807) is 6.07 Å². The lowest BCUT2D eigenvalue weighted by atomic mass is 10.3. The standard InChI is InChI=1S/C10H6ClIN2O/c11-9-5-10(14-6-13-9)15-8-3-1-7(12)2-4-8/h1-6H. The predicted octanol–water partition coefficient (Wildman–Crippen LogP) is 3.53. The van der Waals surface area contributed by atoms with Gasteiger partial charge < -0.3 is 4.74 Å². The van der Waals surface area contributed by atoms with Gasteiger partial charge in [-0.15, -0.1) is 0 Å². The number of benzene rings is 1. The minimum Gasteiger partial charge on any atom is -0.439 e. The smallest absolute Gasteiger partial charge is 0.223 e. The molecule has 1 aromatic carbocycles. The molecule has 1 heterocycles. The van der Waals surface area contributed by atoms with Gasteiger partial charge in [-0.2, -0.15) is 0 Å². The molecule has 1 aromatic heterocycles. The van der Waals surface area contributed by atoms with Crippen LogP contribution in [0, 0.1) is 3.57 Å². The van der Waals surface area contributed by atoms with E-state index < -0.39 is 0 Å². The molecule has 0 aliphatic rings. The maximum Gasteiger partial charge on any atom is 0.223 e. The van der Waals surface area contributed by atoms with Crippen molar-refractivity contribution in [2.24, 2.45) is 0 Å². The topological polar surface area (TPSA) is 35.0 Å². The summed E-state index contributed by atoms with van der Waals surface area (Å²) in [6, 6.07) is 9.23. The Bertz CT molecular complexity index is 461. The van der Waals surface area contributed by atoms with Gasteiger partial charge in [0, 0.05) is 9.64 Å². The first-order chi connectivity index (χ1) is 7.24. The summed E-state index contributed by atoms with van der Waals surface area (Å²) in [4.78, 5) is 7.71. The van der Waals surface area contributed by atoms with E-state index >= 15 is 0 Å². The van der Waals surface area contributed by atoms with Gasteiger partial charge >= 0.3 is 0 Å². The van der Waals surface area contributed by atoms with E-state index in [9.17, 15) is 0 Å². The molecule has 2 aromatic rings. The Morgan fingerprint density at radius 1 is 1.13 bits per heavy atom. The second-order valence-electron chi connectivity index (χ2n) is 2.73. The molecule has 3 nitrogen and oxygen atoms in total. The highest BCUT2D eigenvalue weighted by Crippen LogP contribution is 2.21. The Hall–Kier alpha value is -0.880. The van der Waals surface area contributed by atoms with E-state index in [-0.39, 0.29) is 0 Å².